The second-order valence-electron chi connectivity index (χ2n) is 6.77. The third kappa shape index (κ3) is 3.72. The first-order chi connectivity index (χ1) is 10.0. The minimum Gasteiger partial charge on any atom is -0.349 e. The van der Waals surface area contributed by atoms with Crippen LogP contribution in [0.3, 0.4) is 0 Å². The molecule has 5 nitrogen and oxygen atoms in total. The van der Waals surface area contributed by atoms with Crippen molar-refractivity contribution in [2.24, 2.45) is 4.99 Å². The molecule has 1 amide bonds. The molecule has 2 saturated heterocycles. The molecule has 3 aliphatic rings. The second kappa shape index (κ2) is 6.16. The number of rotatable bonds is 3. The highest BCUT2D eigenvalue weighted by molar-refractivity contribution is 8.15. The Bertz CT molecular complexity index is 429. The van der Waals surface area contributed by atoms with E-state index in [0.29, 0.717) is 5.91 Å². The van der Waals surface area contributed by atoms with Crippen LogP contribution in [-0.2, 0) is 4.79 Å². The van der Waals surface area contributed by atoms with E-state index in [4.69, 9.17) is 4.99 Å². The van der Waals surface area contributed by atoms with E-state index < -0.39 is 0 Å². The Labute approximate surface area is 131 Å². The van der Waals surface area contributed by atoms with Crippen LogP contribution in [0.2, 0.25) is 0 Å². The predicted molar refractivity (Wildman–Crippen MR) is 87.8 cm³/mol. The summed E-state index contributed by atoms with van der Waals surface area (Å²) in [5.41, 5.74) is 0. The fourth-order valence-electron chi connectivity index (χ4n) is 3.10. The number of carbonyl (C=O) groups is 1. The van der Waals surface area contributed by atoms with Crippen LogP contribution in [0.4, 0.5) is 0 Å². The maximum Gasteiger partial charge on any atom is 0.222 e. The molecule has 0 aromatic rings. The molecule has 0 spiro atoms. The van der Waals surface area contributed by atoms with Crippen molar-refractivity contribution in [3.63, 3.8) is 0 Å². The number of likely N-dealkylation sites (tertiary alicyclic amines) is 1. The predicted octanol–water partition coefficient (Wildman–Crippen LogP) is 1.11. The van der Waals surface area contributed by atoms with Gasteiger partial charge in [0.1, 0.15) is 0 Å². The highest BCUT2D eigenvalue weighted by Crippen LogP contribution is 2.33. The molecule has 118 valence electrons. The fourth-order valence-corrected chi connectivity index (χ4v) is 4.16. The Morgan fingerprint density at radius 3 is 2.48 bits per heavy atom. The molecule has 0 radical (unpaired) electrons. The van der Waals surface area contributed by atoms with E-state index in [1.54, 1.807) is 0 Å². The molecular weight excluding hydrogens is 284 g/mol. The Morgan fingerprint density at radius 1 is 1.14 bits per heavy atom. The quantitative estimate of drug-likeness (QED) is 0.783. The van der Waals surface area contributed by atoms with Crippen molar-refractivity contribution in [1.29, 1.82) is 0 Å². The number of nitrogens with zero attached hydrogens (tertiary/aromatic N) is 4. The number of aliphatic imine (C=N–C) groups is 1. The fraction of sp³-hybridized carbons (Fsp3) is 0.867. The molecular formula is C15H26N4OS. The molecule has 21 heavy (non-hydrogen) atoms. The molecule has 0 aromatic heterocycles. The van der Waals surface area contributed by atoms with Crippen molar-refractivity contribution in [3.8, 4) is 0 Å². The SMILES string of the molecule is CC1(C)CN=C(N2CCN(CCN3CCCC3=O)CC2)S1. The largest absolute Gasteiger partial charge is 0.349 e. The van der Waals surface area contributed by atoms with Gasteiger partial charge in [0.25, 0.3) is 0 Å². The minimum absolute atomic E-state index is 0.266. The Kier molecular flexibility index (Phi) is 4.45. The normalized spacial score (nSPS) is 26.6. The van der Waals surface area contributed by atoms with Crippen molar-refractivity contribution >= 4 is 22.8 Å². The molecule has 3 heterocycles. The smallest absolute Gasteiger partial charge is 0.222 e. The lowest BCUT2D eigenvalue weighted by molar-refractivity contribution is -0.127. The minimum atomic E-state index is 0.266. The van der Waals surface area contributed by atoms with Crippen LogP contribution in [0, 0.1) is 0 Å². The summed E-state index contributed by atoms with van der Waals surface area (Å²) >= 11 is 1.91. The molecule has 0 saturated carbocycles. The van der Waals surface area contributed by atoms with Crippen LogP contribution in [0.1, 0.15) is 26.7 Å². The molecule has 2 fully saturated rings. The zero-order valence-corrected chi connectivity index (χ0v) is 14.0. The topological polar surface area (TPSA) is 39.1 Å². The van der Waals surface area contributed by atoms with Gasteiger partial charge in [0.15, 0.2) is 5.17 Å². The van der Waals surface area contributed by atoms with Crippen molar-refractivity contribution in [2.75, 3.05) is 52.4 Å². The van der Waals surface area contributed by atoms with Crippen LogP contribution in [0.15, 0.2) is 4.99 Å². The summed E-state index contributed by atoms with van der Waals surface area (Å²) in [6.45, 7) is 12.6. The Balaban J connectivity index is 1.40. The first-order valence-corrected chi connectivity index (χ1v) is 8.84. The summed E-state index contributed by atoms with van der Waals surface area (Å²) in [5.74, 6) is 0.340. The van der Waals surface area contributed by atoms with Gasteiger partial charge in [-0.2, -0.15) is 0 Å². The standard InChI is InChI=1S/C15H26N4OS/c1-15(2)12-16-14(21-15)19-10-7-17(8-11-19)6-9-18-5-3-4-13(18)20/h3-12H2,1-2H3. The van der Waals surface area contributed by atoms with E-state index in [1.165, 1.54) is 5.17 Å². The van der Waals surface area contributed by atoms with Gasteiger partial charge in [-0.1, -0.05) is 11.8 Å². The number of piperazine rings is 1. The monoisotopic (exact) mass is 310 g/mol. The maximum absolute atomic E-state index is 11.6. The molecule has 0 atom stereocenters. The zero-order valence-electron chi connectivity index (χ0n) is 13.2. The zero-order chi connectivity index (χ0) is 14.9. The lowest BCUT2D eigenvalue weighted by Crippen LogP contribution is -2.49. The summed E-state index contributed by atoms with van der Waals surface area (Å²) in [5, 5.41) is 1.23. The van der Waals surface area contributed by atoms with E-state index >= 15 is 0 Å². The average Bonchev–Trinajstić information content (AvgIpc) is 3.03. The number of amidine groups is 1. The van der Waals surface area contributed by atoms with Gasteiger partial charge in [0.2, 0.25) is 5.91 Å². The Morgan fingerprint density at radius 2 is 1.90 bits per heavy atom. The van der Waals surface area contributed by atoms with Gasteiger partial charge in [0, 0.05) is 57.0 Å². The molecule has 3 aliphatic heterocycles. The van der Waals surface area contributed by atoms with Gasteiger partial charge in [-0.25, -0.2) is 0 Å². The second-order valence-corrected chi connectivity index (χ2v) is 8.45. The van der Waals surface area contributed by atoms with Gasteiger partial charge in [-0.3, -0.25) is 14.7 Å². The van der Waals surface area contributed by atoms with Crippen molar-refractivity contribution < 1.29 is 4.79 Å². The summed E-state index contributed by atoms with van der Waals surface area (Å²) in [4.78, 5) is 23.2. The number of amides is 1. The van der Waals surface area contributed by atoms with Crippen LogP contribution in [0.25, 0.3) is 0 Å². The summed E-state index contributed by atoms with van der Waals surface area (Å²) in [6, 6.07) is 0. The number of carbonyl (C=O) groups excluding carboxylic acids is 1. The maximum atomic E-state index is 11.6. The molecule has 0 unspecified atom stereocenters. The summed E-state index contributed by atoms with van der Waals surface area (Å²) in [7, 11) is 0. The number of thioether (sulfide) groups is 1. The molecule has 0 aliphatic carbocycles. The van der Waals surface area contributed by atoms with Crippen LogP contribution < -0.4 is 0 Å². The first-order valence-electron chi connectivity index (χ1n) is 8.02. The van der Waals surface area contributed by atoms with Crippen molar-refractivity contribution in [2.45, 2.75) is 31.4 Å². The summed E-state index contributed by atoms with van der Waals surface area (Å²) < 4.78 is 0.266. The van der Waals surface area contributed by atoms with E-state index in [2.05, 4.69) is 23.6 Å². The lowest BCUT2D eigenvalue weighted by atomic mass is 10.2. The van der Waals surface area contributed by atoms with Crippen LogP contribution in [0.5, 0.6) is 0 Å². The van der Waals surface area contributed by atoms with E-state index in [9.17, 15) is 4.79 Å². The molecule has 0 bridgehead atoms. The third-order valence-corrected chi connectivity index (χ3v) is 5.71. The molecule has 0 N–H and O–H groups in total. The Hall–Kier alpha value is -0.750. The first kappa shape index (κ1) is 15.2. The van der Waals surface area contributed by atoms with Crippen molar-refractivity contribution in [3.05, 3.63) is 0 Å². The van der Waals surface area contributed by atoms with Crippen LogP contribution >= 0.6 is 11.8 Å². The highest BCUT2D eigenvalue weighted by atomic mass is 32.2. The number of hydrogen-bond donors (Lipinski definition) is 0. The van der Waals surface area contributed by atoms with Crippen LogP contribution in [-0.4, -0.2) is 82.9 Å². The van der Waals surface area contributed by atoms with Crippen molar-refractivity contribution in [1.82, 2.24) is 14.7 Å². The van der Waals surface area contributed by atoms with E-state index in [-0.39, 0.29) is 4.75 Å². The lowest BCUT2D eigenvalue weighted by Gasteiger charge is -2.36. The molecule has 3 rings (SSSR count). The van der Waals surface area contributed by atoms with Gasteiger partial charge < -0.3 is 9.80 Å². The summed E-state index contributed by atoms with van der Waals surface area (Å²) in [6.07, 6.45) is 1.79. The van der Waals surface area contributed by atoms with Gasteiger partial charge in [-0.15, -0.1) is 0 Å². The van der Waals surface area contributed by atoms with Gasteiger partial charge >= 0.3 is 0 Å². The number of hydrogen-bond acceptors (Lipinski definition) is 5. The average molecular weight is 310 g/mol. The van der Waals surface area contributed by atoms with Gasteiger partial charge in [-0.05, 0) is 20.3 Å². The van der Waals surface area contributed by atoms with E-state index in [0.717, 1.165) is 65.2 Å². The van der Waals surface area contributed by atoms with Gasteiger partial charge in [0.05, 0.1) is 6.54 Å². The molecule has 0 aromatic carbocycles. The highest BCUT2D eigenvalue weighted by Gasteiger charge is 2.31. The molecule has 6 heteroatoms. The van der Waals surface area contributed by atoms with E-state index in [1.807, 2.05) is 16.7 Å². The third-order valence-electron chi connectivity index (χ3n) is 4.46.